The number of amides is 1. The van der Waals surface area contributed by atoms with Crippen LogP contribution < -0.4 is 10.1 Å². The second-order valence-electron chi connectivity index (χ2n) is 3.55. The number of rotatable bonds is 7. The fourth-order valence-corrected chi connectivity index (χ4v) is 1.69. The molecular weight excluding hydrogens is 272 g/mol. The first-order valence-electron chi connectivity index (χ1n) is 5.38. The molecule has 0 aliphatic heterocycles. The smallest absolute Gasteiger partial charge is 0.407 e. The minimum absolute atomic E-state index is 0.0639. The Kier molecular flexibility index (Phi) is 5.80. The molecule has 8 heteroatoms. The summed E-state index contributed by atoms with van der Waals surface area (Å²) >= 11 is 1.08. The zero-order valence-electron chi connectivity index (χ0n) is 10.3. The lowest BCUT2D eigenvalue weighted by Gasteiger charge is -2.13. The Morgan fingerprint density at radius 2 is 2.42 bits per heavy atom. The maximum Gasteiger partial charge on any atom is 0.407 e. The summed E-state index contributed by atoms with van der Waals surface area (Å²) in [7, 11) is 0. The summed E-state index contributed by atoms with van der Waals surface area (Å²) in [5.41, 5.74) is -0.0639. The number of carbonyl (C=O) groups is 2. The predicted molar refractivity (Wildman–Crippen MR) is 68.7 cm³/mol. The molecule has 7 nitrogen and oxygen atoms in total. The number of alkyl carbamates (subject to hydrolysis) is 1. The van der Waals surface area contributed by atoms with Gasteiger partial charge in [0.05, 0.1) is 6.04 Å². The molecule has 0 fully saturated rings. The van der Waals surface area contributed by atoms with Crippen molar-refractivity contribution in [1.82, 2.24) is 10.3 Å². The largest absolute Gasteiger partial charge is 0.476 e. The fourth-order valence-electron chi connectivity index (χ4n) is 1.04. The Bertz CT molecular complexity index is 460. The van der Waals surface area contributed by atoms with Crippen molar-refractivity contribution >= 4 is 23.4 Å². The Morgan fingerprint density at radius 3 is 3.00 bits per heavy atom. The molecule has 1 rings (SSSR count). The molecule has 0 radical (unpaired) electrons. The summed E-state index contributed by atoms with van der Waals surface area (Å²) in [6, 6.07) is -0.297. The number of nitrogens with zero attached hydrogens (tertiary/aromatic N) is 1. The Morgan fingerprint density at radius 1 is 1.68 bits per heavy atom. The van der Waals surface area contributed by atoms with Gasteiger partial charge in [-0.2, -0.15) is 4.98 Å². The maximum atomic E-state index is 11.2. The first-order chi connectivity index (χ1) is 9.02. The van der Waals surface area contributed by atoms with Gasteiger partial charge in [-0.3, -0.25) is 0 Å². The second kappa shape index (κ2) is 7.37. The van der Waals surface area contributed by atoms with Crippen LogP contribution in [0.4, 0.5) is 4.79 Å². The highest BCUT2D eigenvalue weighted by molar-refractivity contribution is 7.11. The number of carboxylic acid groups (broad SMARTS) is 1. The van der Waals surface area contributed by atoms with Gasteiger partial charge in [-0.25, -0.2) is 9.59 Å². The van der Waals surface area contributed by atoms with Gasteiger partial charge in [-0.05, 0) is 6.92 Å². The molecule has 1 heterocycles. The molecule has 1 aromatic rings. The van der Waals surface area contributed by atoms with Crippen LogP contribution in [0, 0.1) is 0 Å². The molecule has 1 atom stereocenters. The number of carbonyl (C=O) groups excluding carboxylic acids is 1. The van der Waals surface area contributed by atoms with E-state index in [4.69, 9.17) is 14.6 Å². The number of thiazole rings is 1. The molecule has 0 aromatic carbocycles. The van der Waals surface area contributed by atoms with E-state index in [0.717, 1.165) is 11.3 Å². The molecule has 104 valence electrons. The van der Waals surface area contributed by atoms with Crippen molar-refractivity contribution < 1.29 is 24.2 Å². The molecule has 1 aromatic heterocycles. The van der Waals surface area contributed by atoms with Gasteiger partial charge in [-0.1, -0.05) is 24.0 Å². The minimum atomic E-state index is -1.11. The van der Waals surface area contributed by atoms with Gasteiger partial charge >= 0.3 is 12.1 Å². The number of nitrogens with one attached hydrogen (secondary N) is 1. The van der Waals surface area contributed by atoms with Gasteiger partial charge in [0, 0.05) is 5.38 Å². The van der Waals surface area contributed by atoms with Gasteiger partial charge in [-0.15, -0.1) is 0 Å². The van der Waals surface area contributed by atoms with Crippen LogP contribution in [0.2, 0.25) is 0 Å². The lowest BCUT2D eigenvalue weighted by Crippen LogP contribution is -2.37. The quantitative estimate of drug-likeness (QED) is 0.737. The molecule has 0 aliphatic carbocycles. The molecule has 0 aliphatic rings. The molecular formula is C11H14N2O5S. The topological polar surface area (TPSA) is 97.8 Å². The zero-order valence-corrected chi connectivity index (χ0v) is 11.1. The molecule has 19 heavy (non-hydrogen) atoms. The highest BCUT2D eigenvalue weighted by Crippen LogP contribution is 2.18. The molecule has 0 bridgehead atoms. The SMILES string of the molecule is C=CCOC(=O)NC(C)COc1nc(C(=O)O)cs1. The highest BCUT2D eigenvalue weighted by Gasteiger charge is 2.12. The van der Waals surface area contributed by atoms with E-state index >= 15 is 0 Å². The van der Waals surface area contributed by atoms with Crippen molar-refractivity contribution in [2.24, 2.45) is 0 Å². The van der Waals surface area contributed by atoms with E-state index in [1.165, 1.54) is 11.5 Å². The van der Waals surface area contributed by atoms with Crippen molar-refractivity contribution in [2.75, 3.05) is 13.2 Å². The van der Waals surface area contributed by atoms with Crippen molar-refractivity contribution in [3.8, 4) is 5.19 Å². The third-order valence-electron chi connectivity index (χ3n) is 1.86. The third kappa shape index (κ3) is 5.38. The average molecular weight is 286 g/mol. The van der Waals surface area contributed by atoms with Crippen LogP contribution in [0.15, 0.2) is 18.0 Å². The lowest BCUT2D eigenvalue weighted by atomic mass is 10.4. The van der Waals surface area contributed by atoms with E-state index in [0.29, 0.717) is 0 Å². The molecule has 1 unspecified atom stereocenters. The van der Waals surface area contributed by atoms with Gasteiger partial charge in [0.25, 0.3) is 5.19 Å². The average Bonchev–Trinajstić information content (AvgIpc) is 2.83. The number of aromatic carboxylic acids is 1. The Balaban J connectivity index is 2.32. The van der Waals surface area contributed by atoms with Crippen LogP contribution in [0.1, 0.15) is 17.4 Å². The van der Waals surface area contributed by atoms with E-state index in [-0.39, 0.29) is 30.1 Å². The maximum absolute atomic E-state index is 11.2. The summed E-state index contributed by atoms with van der Waals surface area (Å²) < 4.78 is 9.99. The van der Waals surface area contributed by atoms with Gasteiger partial charge in [0.1, 0.15) is 13.2 Å². The van der Waals surface area contributed by atoms with Crippen LogP contribution in [0.3, 0.4) is 0 Å². The van der Waals surface area contributed by atoms with Gasteiger partial charge in [0.15, 0.2) is 5.69 Å². The van der Waals surface area contributed by atoms with E-state index < -0.39 is 12.1 Å². The number of carboxylic acids is 1. The zero-order chi connectivity index (χ0) is 14.3. The van der Waals surface area contributed by atoms with Crippen LogP contribution in [0.25, 0.3) is 0 Å². The molecule has 0 saturated carbocycles. The first-order valence-corrected chi connectivity index (χ1v) is 6.26. The standard InChI is InChI=1S/C11H14N2O5S/c1-3-4-17-10(16)12-7(2)5-18-11-13-8(6-19-11)9(14)15/h3,6-7H,1,4-5H2,2H3,(H,12,16)(H,14,15). The third-order valence-corrected chi connectivity index (χ3v) is 2.61. The number of hydrogen-bond donors (Lipinski definition) is 2. The van der Waals surface area contributed by atoms with Gasteiger partial charge in [0.2, 0.25) is 0 Å². The normalized spacial score (nSPS) is 11.4. The highest BCUT2D eigenvalue weighted by atomic mass is 32.1. The fraction of sp³-hybridized carbons (Fsp3) is 0.364. The van der Waals surface area contributed by atoms with E-state index in [1.54, 1.807) is 6.92 Å². The van der Waals surface area contributed by atoms with Crippen LogP contribution in [-0.4, -0.2) is 41.4 Å². The van der Waals surface area contributed by atoms with Crippen molar-refractivity contribution in [3.63, 3.8) is 0 Å². The number of ether oxygens (including phenoxy) is 2. The number of hydrogen-bond acceptors (Lipinski definition) is 6. The van der Waals surface area contributed by atoms with Crippen LogP contribution in [0.5, 0.6) is 5.19 Å². The predicted octanol–water partition coefficient (Wildman–Crippen LogP) is 1.52. The Hall–Kier alpha value is -2.09. The van der Waals surface area contributed by atoms with Crippen molar-refractivity contribution in [3.05, 3.63) is 23.7 Å². The summed E-state index contributed by atoms with van der Waals surface area (Å²) in [6.07, 6.45) is 0.894. The van der Waals surface area contributed by atoms with Crippen LogP contribution in [-0.2, 0) is 4.74 Å². The van der Waals surface area contributed by atoms with Crippen molar-refractivity contribution in [2.45, 2.75) is 13.0 Å². The summed E-state index contributed by atoms with van der Waals surface area (Å²) in [4.78, 5) is 25.5. The van der Waals surface area contributed by atoms with Gasteiger partial charge < -0.3 is 19.9 Å². The molecule has 2 N–H and O–H groups in total. The monoisotopic (exact) mass is 286 g/mol. The van der Waals surface area contributed by atoms with Crippen LogP contribution >= 0.6 is 11.3 Å². The Labute approximate surface area is 113 Å². The first kappa shape index (κ1) is 15.0. The van der Waals surface area contributed by atoms with E-state index in [9.17, 15) is 9.59 Å². The van der Waals surface area contributed by atoms with Crippen molar-refractivity contribution in [1.29, 1.82) is 0 Å². The second-order valence-corrected chi connectivity index (χ2v) is 4.37. The number of aromatic nitrogens is 1. The molecule has 0 saturated heterocycles. The minimum Gasteiger partial charge on any atom is -0.476 e. The van der Waals surface area contributed by atoms with E-state index in [2.05, 4.69) is 16.9 Å². The summed E-state index contributed by atoms with van der Waals surface area (Å²) in [5, 5.41) is 12.8. The summed E-state index contributed by atoms with van der Waals surface area (Å²) in [5.74, 6) is -1.11. The lowest BCUT2D eigenvalue weighted by molar-refractivity contribution is 0.0690. The molecule has 1 amide bonds. The van der Waals surface area contributed by atoms with E-state index in [1.807, 2.05) is 0 Å². The molecule has 0 spiro atoms. The summed E-state index contributed by atoms with van der Waals surface area (Å²) in [6.45, 7) is 5.44.